The molecule has 0 radical (unpaired) electrons. The van der Waals surface area contributed by atoms with Gasteiger partial charge in [0.1, 0.15) is 12.4 Å². The summed E-state index contributed by atoms with van der Waals surface area (Å²) < 4.78 is 4.92. The second-order valence-electron chi connectivity index (χ2n) is 2.54. The molecule has 1 aromatic rings. The summed E-state index contributed by atoms with van der Waals surface area (Å²) in [5, 5.41) is 3.09. The topological polar surface area (TPSA) is 51.2 Å². The molecule has 0 aromatic carbocycles. The molecule has 0 bridgehead atoms. The number of nitrogens with zero attached hydrogens (tertiary/aromatic N) is 1. The van der Waals surface area contributed by atoms with E-state index in [0.29, 0.717) is 17.4 Å². The van der Waals surface area contributed by atoms with E-state index in [1.807, 2.05) is 6.92 Å². The van der Waals surface area contributed by atoms with Gasteiger partial charge in [0, 0.05) is 17.8 Å². The number of carbonyl (C=O) groups is 1. The van der Waals surface area contributed by atoms with Crippen LogP contribution in [0, 0.1) is 0 Å². The second kappa shape index (κ2) is 5.57. The van der Waals surface area contributed by atoms with Crippen LogP contribution >= 0.6 is 11.6 Å². The van der Waals surface area contributed by atoms with Gasteiger partial charge in [0.25, 0.3) is 5.91 Å². The van der Waals surface area contributed by atoms with Crippen molar-refractivity contribution >= 4 is 23.3 Å². The number of nitrogens with one attached hydrogen (secondary N) is 1. The zero-order chi connectivity index (χ0) is 10.4. The van der Waals surface area contributed by atoms with E-state index >= 15 is 0 Å². The summed E-state index contributed by atoms with van der Waals surface area (Å²) >= 11 is 5.71. The smallest absolute Gasteiger partial charge is 0.251 e. The van der Waals surface area contributed by atoms with Crippen molar-refractivity contribution in [3.8, 4) is 0 Å². The minimum absolute atomic E-state index is 0.0324. The van der Waals surface area contributed by atoms with Crippen LogP contribution in [0.3, 0.4) is 0 Å². The first-order chi connectivity index (χ1) is 6.72. The highest BCUT2D eigenvalue weighted by molar-refractivity contribution is 6.30. The van der Waals surface area contributed by atoms with E-state index in [0.717, 1.165) is 0 Å². The summed E-state index contributed by atoms with van der Waals surface area (Å²) in [6.07, 6.45) is 1.53. The Morgan fingerprint density at radius 2 is 2.50 bits per heavy atom. The van der Waals surface area contributed by atoms with Gasteiger partial charge in [-0.1, -0.05) is 11.6 Å². The monoisotopic (exact) mass is 214 g/mol. The van der Waals surface area contributed by atoms with Gasteiger partial charge in [-0.15, -0.1) is 0 Å². The molecule has 1 amide bonds. The first-order valence-corrected chi connectivity index (χ1v) is 4.59. The van der Waals surface area contributed by atoms with Crippen molar-refractivity contribution in [2.75, 3.05) is 18.5 Å². The molecule has 0 spiro atoms. The molecule has 76 valence electrons. The zero-order valence-corrected chi connectivity index (χ0v) is 8.54. The van der Waals surface area contributed by atoms with E-state index in [-0.39, 0.29) is 12.5 Å². The third-order valence-electron chi connectivity index (χ3n) is 1.43. The molecule has 0 atom stereocenters. The van der Waals surface area contributed by atoms with Crippen LogP contribution in [-0.2, 0) is 9.53 Å². The molecule has 0 unspecified atom stereocenters. The van der Waals surface area contributed by atoms with Crippen LogP contribution in [0.1, 0.15) is 6.92 Å². The van der Waals surface area contributed by atoms with Crippen molar-refractivity contribution in [2.45, 2.75) is 6.92 Å². The average molecular weight is 215 g/mol. The van der Waals surface area contributed by atoms with E-state index in [2.05, 4.69) is 10.3 Å². The maximum Gasteiger partial charge on any atom is 0.251 e. The Morgan fingerprint density at radius 1 is 1.71 bits per heavy atom. The Labute approximate surface area is 87.2 Å². The minimum Gasteiger partial charge on any atom is -0.372 e. The maximum absolute atomic E-state index is 11.2. The number of halogens is 1. The predicted octanol–water partition coefficient (Wildman–Crippen LogP) is 1.71. The molecule has 1 aromatic heterocycles. The molecule has 1 rings (SSSR count). The Kier molecular flexibility index (Phi) is 4.35. The predicted molar refractivity (Wildman–Crippen MR) is 54.4 cm³/mol. The first kappa shape index (κ1) is 10.9. The van der Waals surface area contributed by atoms with E-state index in [1.54, 1.807) is 12.1 Å². The number of hydrogen-bond donors (Lipinski definition) is 1. The third kappa shape index (κ3) is 3.72. The van der Waals surface area contributed by atoms with Crippen LogP contribution in [0.2, 0.25) is 5.02 Å². The van der Waals surface area contributed by atoms with Gasteiger partial charge >= 0.3 is 0 Å². The molecule has 5 heteroatoms. The lowest BCUT2D eigenvalue weighted by molar-refractivity contribution is -0.120. The van der Waals surface area contributed by atoms with Gasteiger partial charge in [-0.3, -0.25) is 4.79 Å². The van der Waals surface area contributed by atoms with Crippen molar-refractivity contribution in [2.24, 2.45) is 0 Å². The molecule has 0 fully saturated rings. The van der Waals surface area contributed by atoms with Crippen molar-refractivity contribution in [3.63, 3.8) is 0 Å². The van der Waals surface area contributed by atoms with Crippen LogP contribution in [0.25, 0.3) is 0 Å². The summed E-state index contributed by atoms with van der Waals surface area (Å²) in [5.74, 6) is 0.198. The van der Waals surface area contributed by atoms with Crippen LogP contribution < -0.4 is 5.32 Å². The highest BCUT2D eigenvalue weighted by Crippen LogP contribution is 2.11. The van der Waals surface area contributed by atoms with Crippen LogP contribution in [0.15, 0.2) is 18.3 Å². The van der Waals surface area contributed by atoms with Gasteiger partial charge in [0.15, 0.2) is 0 Å². The van der Waals surface area contributed by atoms with Crippen LogP contribution in [0.5, 0.6) is 0 Å². The standard InChI is InChI=1S/C9H11ClN2O2/c1-2-14-6-9(13)12-8-5-7(10)3-4-11-8/h3-5H,2,6H2,1H3,(H,11,12,13). The summed E-state index contributed by atoms with van der Waals surface area (Å²) in [6.45, 7) is 2.37. The Bertz CT molecular complexity index is 317. The quantitative estimate of drug-likeness (QED) is 0.830. The number of carbonyl (C=O) groups excluding carboxylic acids is 1. The highest BCUT2D eigenvalue weighted by atomic mass is 35.5. The van der Waals surface area contributed by atoms with Gasteiger partial charge in [0.2, 0.25) is 0 Å². The van der Waals surface area contributed by atoms with E-state index < -0.39 is 0 Å². The average Bonchev–Trinajstić information content (AvgIpc) is 2.15. The largest absolute Gasteiger partial charge is 0.372 e. The van der Waals surface area contributed by atoms with Gasteiger partial charge in [-0.25, -0.2) is 4.98 Å². The Hall–Kier alpha value is -1.13. The molecule has 0 saturated heterocycles. The molecule has 0 aliphatic carbocycles. The fourth-order valence-corrected chi connectivity index (χ4v) is 1.01. The minimum atomic E-state index is -0.235. The normalized spacial score (nSPS) is 9.86. The molecule has 14 heavy (non-hydrogen) atoms. The van der Waals surface area contributed by atoms with Gasteiger partial charge in [0.05, 0.1) is 0 Å². The fraction of sp³-hybridized carbons (Fsp3) is 0.333. The van der Waals surface area contributed by atoms with Crippen molar-refractivity contribution in [1.29, 1.82) is 0 Å². The summed E-state index contributed by atoms with van der Waals surface area (Å²) in [4.78, 5) is 15.1. The molecule has 4 nitrogen and oxygen atoms in total. The van der Waals surface area contributed by atoms with E-state index in [1.165, 1.54) is 6.20 Å². The third-order valence-corrected chi connectivity index (χ3v) is 1.66. The number of rotatable bonds is 4. The molecule has 1 heterocycles. The highest BCUT2D eigenvalue weighted by Gasteiger charge is 2.02. The number of amides is 1. The van der Waals surface area contributed by atoms with Crippen molar-refractivity contribution in [3.05, 3.63) is 23.4 Å². The summed E-state index contributed by atoms with van der Waals surface area (Å²) in [5.41, 5.74) is 0. The summed E-state index contributed by atoms with van der Waals surface area (Å²) in [6, 6.07) is 3.21. The number of pyridine rings is 1. The lowest BCUT2D eigenvalue weighted by atomic mass is 10.4. The van der Waals surface area contributed by atoms with Crippen molar-refractivity contribution in [1.82, 2.24) is 4.98 Å². The van der Waals surface area contributed by atoms with Crippen LogP contribution in [0.4, 0.5) is 5.82 Å². The first-order valence-electron chi connectivity index (χ1n) is 4.21. The summed E-state index contributed by atoms with van der Waals surface area (Å²) in [7, 11) is 0. The molecule has 0 aliphatic heterocycles. The SMILES string of the molecule is CCOCC(=O)Nc1cc(Cl)ccn1. The zero-order valence-electron chi connectivity index (χ0n) is 7.79. The lowest BCUT2D eigenvalue weighted by Gasteiger charge is -2.03. The number of anilines is 1. The molecule has 0 aliphatic rings. The van der Waals surface area contributed by atoms with Crippen LogP contribution in [-0.4, -0.2) is 24.1 Å². The molecular weight excluding hydrogens is 204 g/mol. The van der Waals surface area contributed by atoms with Crippen molar-refractivity contribution < 1.29 is 9.53 Å². The number of aromatic nitrogens is 1. The maximum atomic E-state index is 11.2. The number of hydrogen-bond acceptors (Lipinski definition) is 3. The number of ether oxygens (including phenoxy) is 1. The van der Waals surface area contributed by atoms with Gasteiger partial charge in [-0.2, -0.15) is 0 Å². The molecular formula is C9H11ClN2O2. The fourth-order valence-electron chi connectivity index (χ4n) is 0.847. The Morgan fingerprint density at radius 3 is 3.14 bits per heavy atom. The molecule has 0 saturated carbocycles. The van der Waals surface area contributed by atoms with E-state index in [4.69, 9.17) is 16.3 Å². The molecule has 1 N–H and O–H groups in total. The lowest BCUT2D eigenvalue weighted by Crippen LogP contribution is -2.18. The van der Waals surface area contributed by atoms with Gasteiger partial charge < -0.3 is 10.1 Å². The second-order valence-corrected chi connectivity index (χ2v) is 2.98. The van der Waals surface area contributed by atoms with Gasteiger partial charge in [-0.05, 0) is 19.1 Å². The van der Waals surface area contributed by atoms with E-state index in [9.17, 15) is 4.79 Å². The Balaban J connectivity index is 2.47.